The van der Waals surface area contributed by atoms with Gasteiger partial charge in [-0.15, -0.1) is 0 Å². The highest BCUT2D eigenvalue weighted by Crippen LogP contribution is 2.23. The van der Waals surface area contributed by atoms with Gasteiger partial charge in [-0.3, -0.25) is 14.8 Å². The minimum absolute atomic E-state index is 0.147. The second-order valence-corrected chi connectivity index (χ2v) is 5.99. The second kappa shape index (κ2) is 9.43. The zero-order chi connectivity index (χ0) is 18.9. The summed E-state index contributed by atoms with van der Waals surface area (Å²) >= 11 is 0. The maximum absolute atomic E-state index is 12.2. The Balaban J connectivity index is 2.06. The lowest BCUT2D eigenvalue weighted by atomic mass is 10.0. The molecule has 0 spiro atoms. The van der Waals surface area contributed by atoms with Crippen LogP contribution in [0.1, 0.15) is 36.2 Å². The number of hydrogen-bond acceptors (Lipinski definition) is 4. The van der Waals surface area contributed by atoms with E-state index in [9.17, 15) is 4.79 Å². The number of rotatable bonds is 7. The normalized spacial score (nSPS) is 11.4. The molecule has 0 fully saturated rings. The molecule has 3 rings (SSSR count). The minimum atomic E-state index is -0.416. The Morgan fingerprint density at radius 1 is 0.926 bits per heavy atom. The first-order valence-corrected chi connectivity index (χ1v) is 9.03. The van der Waals surface area contributed by atoms with Gasteiger partial charge in [0.2, 0.25) is 0 Å². The molecule has 2 aromatic carbocycles. The topological polar surface area (TPSA) is 51.5 Å². The van der Waals surface area contributed by atoms with E-state index >= 15 is 0 Å². The minimum Gasteiger partial charge on any atom is -0.466 e. The number of carbonyl (C=O) groups excluding carboxylic acids is 1. The van der Waals surface area contributed by atoms with E-state index in [0.717, 1.165) is 22.5 Å². The van der Waals surface area contributed by atoms with Gasteiger partial charge in [0, 0.05) is 17.3 Å². The summed E-state index contributed by atoms with van der Waals surface area (Å²) in [5, 5.41) is 0. The summed E-state index contributed by atoms with van der Waals surface area (Å²) in [4.78, 5) is 21.5. The number of hydrogen-bond donors (Lipinski definition) is 0. The Hall–Kier alpha value is -3.27. The van der Waals surface area contributed by atoms with Gasteiger partial charge in [-0.25, -0.2) is 0 Å². The number of carbonyl (C=O) groups is 1. The lowest BCUT2D eigenvalue weighted by Crippen LogP contribution is -2.13. The van der Waals surface area contributed by atoms with Crippen molar-refractivity contribution in [2.75, 3.05) is 6.61 Å². The first kappa shape index (κ1) is 18.5. The molecule has 0 aliphatic rings. The highest BCUT2D eigenvalue weighted by molar-refractivity contribution is 6.13. The van der Waals surface area contributed by atoms with Gasteiger partial charge in [0.15, 0.2) is 0 Å². The van der Waals surface area contributed by atoms with Crippen molar-refractivity contribution in [1.29, 1.82) is 0 Å². The van der Waals surface area contributed by atoms with Crippen LogP contribution in [0.2, 0.25) is 0 Å². The van der Waals surface area contributed by atoms with Crippen molar-refractivity contribution in [3.8, 4) is 0 Å². The van der Waals surface area contributed by atoms with Gasteiger partial charge in [-0.2, -0.15) is 0 Å². The van der Waals surface area contributed by atoms with Crippen molar-refractivity contribution in [3.63, 3.8) is 0 Å². The number of ether oxygens (including phenoxy) is 1. The van der Waals surface area contributed by atoms with E-state index in [4.69, 9.17) is 9.73 Å². The molecule has 4 heteroatoms. The Morgan fingerprint density at radius 3 is 2.04 bits per heavy atom. The van der Waals surface area contributed by atoms with Crippen LogP contribution in [0.15, 0.2) is 90.1 Å². The molecule has 0 aliphatic heterocycles. The molecule has 136 valence electrons. The van der Waals surface area contributed by atoms with Gasteiger partial charge < -0.3 is 4.74 Å². The Bertz CT molecular complexity index is 837. The smallest absolute Gasteiger partial charge is 0.308 e. The van der Waals surface area contributed by atoms with Crippen LogP contribution in [0.25, 0.3) is 0 Å². The average Bonchev–Trinajstić information content (AvgIpc) is 2.73. The van der Waals surface area contributed by atoms with Crippen LogP contribution >= 0.6 is 0 Å². The third-order valence-corrected chi connectivity index (χ3v) is 4.07. The van der Waals surface area contributed by atoms with Gasteiger partial charge in [0.1, 0.15) is 6.04 Å². The maximum atomic E-state index is 12.2. The SMILES string of the molecule is CCOC(=O)CC(N=C(c1ccccc1)c1ccccc1)c1ccccn1. The highest BCUT2D eigenvalue weighted by Gasteiger charge is 2.19. The fraction of sp³-hybridized carbons (Fsp3) is 0.174. The van der Waals surface area contributed by atoms with Gasteiger partial charge in [-0.05, 0) is 19.1 Å². The monoisotopic (exact) mass is 358 g/mol. The van der Waals surface area contributed by atoms with Gasteiger partial charge in [0.25, 0.3) is 0 Å². The number of pyridine rings is 1. The largest absolute Gasteiger partial charge is 0.466 e. The van der Waals surface area contributed by atoms with Crippen molar-refractivity contribution in [1.82, 2.24) is 4.98 Å². The van der Waals surface area contributed by atoms with Crippen molar-refractivity contribution >= 4 is 11.7 Å². The van der Waals surface area contributed by atoms with Crippen molar-refractivity contribution in [2.24, 2.45) is 4.99 Å². The lowest BCUT2D eigenvalue weighted by molar-refractivity contribution is -0.143. The predicted octanol–water partition coefficient (Wildman–Crippen LogP) is 4.61. The Morgan fingerprint density at radius 2 is 1.52 bits per heavy atom. The molecule has 0 aliphatic carbocycles. The standard InChI is InChI=1S/C23H22N2O2/c1-2-27-22(26)17-21(20-15-9-10-16-24-20)25-23(18-11-5-3-6-12-18)19-13-7-4-8-14-19/h3-16,21H,2,17H2,1H3. The average molecular weight is 358 g/mol. The molecule has 0 saturated carbocycles. The van der Waals surface area contributed by atoms with E-state index in [1.54, 1.807) is 13.1 Å². The number of benzene rings is 2. The van der Waals surface area contributed by atoms with E-state index < -0.39 is 6.04 Å². The van der Waals surface area contributed by atoms with E-state index in [1.807, 2.05) is 78.9 Å². The molecule has 0 bridgehead atoms. The van der Waals surface area contributed by atoms with Crippen molar-refractivity contribution < 1.29 is 9.53 Å². The molecule has 1 atom stereocenters. The van der Waals surface area contributed by atoms with Crippen LogP contribution in [-0.2, 0) is 9.53 Å². The summed E-state index contributed by atoms with van der Waals surface area (Å²) in [6.07, 6.45) is 1.86. The molecule has 1 heterocycles. The number of aliphatic imine (C=N–C) groups is 1. The summed E-state index contributed by atoms with van der Waals surface area (Å²) < 4.78 is 5.15. The van der Waals surface area contributed by atoms with Crippen LogP contribution in [0.3, 0.4) is 0 Å². The van der Waals surface area contributed by atoms with E-state index in [0.29, 0.717) is 6.61 Å². The summed E-state index contributed by atoms with van der Waals surface area (Å²) in [5.74, 6) is -0.280. The first-order valence-electron chi connectivity index (χ1n) is 9.03. The number of aromatic nitrogens is 1. The number of esters is 1. The molecule has 4 nitrogen and oxygen atoms in total. The quantitative estimate of drug-likeness (QED) is 0.458. The van der Waals surface area contributed by atoms with Crippen molar-refractivity contribution in [2.45, 2.75) is 19.4 Å². The summed E-state index contributed by atoms with van der Waals surface area (Å²) in [6.45, 7) is 2.15. The van der Waals surface area contributed by atoms with Crippen LogP contribution in [-0.4, -0.2) is 23.3 Å². The van der Waals surface area contributed by atoms with Gasteiger partial charge >= 0.3 is 5.97 Å². The summed E-state index contributed by atoms with van der Waals surface area (Å²) in [5.41, 5.74) is 3.56. The highest BCUT2D eigenvalue weighted by atomic mass is 16.5. The Kier molecular flexibility index (Phi) is 6.47. The molecule has 27 heavy (non-hydrogen) atoms. The third kappa shape index (κ3) is 5.11. The summed E-state index contributed by atoms with van der Waals surface area (Å²) in [6, 6.07) is 25.2. The molecule has 1 unspecified atom stereocenters. The molecule has 0 saturated heterocycles. The van der Waals surface area contributed by atoms with Gasteiger partial charge in [-0.1, -0.05) is 66.7 Å². The van der Waals surface area contributed by atoms with Crippen LogP contribution in [0.4, 0.5) is 0 Å². The second-order valence-electron chi connectivity index (χ2n) is 5.99. The lowest BCUT2D eigenvalue weighted by Gasteiger charge is -2.15. The molecule has 0 amide bonds. The molecule has 3 aromatic rings. The fourth-order valence-electron chi connectivity index (χ4n) is 2.83. The van der Waals surface area contributed by atoms with Crippen LogP contribution in [0, 0.1) is 0 Å². The third-order valence-electron chi connectivity index (χ3n) is 4.07. The molecular weight excluding hydrogens is 336 g/mol. The number of nitrogens with zero attached hydrogens (tertiary/aromatic N) is 2. The van der Waals surface area contributed by atoms with E-state index in [2.05, 4.69) is 4.98 Å². The fourth-order valence-corrected chi connectivity index (χ4v) is 2.83. The van der Waals surface area contributed by atoms with Crippen LogP contribution < -0.4 is 0 Å². The molecular formula is C23H22N2O2. The summed E-state index contributed by atoms with van der Waals surface area (Å²) in [7, 11) is 0. The molecule has 0 radical (unpaired) electrons. The zero-order valence-electron chi connectivity index (χ0n) is 15.3. The zero-order valence-corrected chi connectivity index (χ0v) is 15.3. The van der Waals surface area contributed by atoms with Crippen LogP contribution in [0.5, 0.6) is 0 Å². The molecule has 1 aromatic heterocycles. The van der Waals surface area contributed by atoms with Gasteiger partial charge in [0.05, 0.1) is 24.4 Å². The first-order chi connectivity index (χ1) is 13.3. The molecule has 0 N–H and O–H groups in total. The predicted molar refractivity (Wildman–Crippen MR) is 107 cm³/mol. The van der Waals surface area contributed by atoms with E-state index in [-0.39, 0.29) is 12.4 Å². The maximum Gasteiger partial charge on any atom is 0.308 e. The Labute approximate surface area is 159 Å². The van der Waals surface area contributed by atoms with Crippen molar-refractivity contribution in [3.05, 3.63) is 102 Å². The van der Waals surface area contributed by atoms with E-state index in [1.165, 1.54) is 0 Å².